The van der Waals surface area contributed by atoms with Crippen molar-refractivity contribution in [3.63, 3.8) is 0 Å². The number of nitrogens with one attached hydrogen (secondary N) is 1. The van der Waals surface area contributed by atoms with Crippen LogP contribution in [-0.4, -0.2) is 37.1 Å². The van der Waals surface area contributed by atoms with Crippen LogP contribution in [0.25, 0.3) is 0 Å². The Morgan fingerprint density at radius 1 is 1.05 bits per heavy atom. The summed E-state index contributed by atoms with van der Waals surface area (Å²) in [5, 5.41) is 3.77. The van der Waals surface area contributed by atoms with Gasteiger partial charge in [-0.05, 0) is 83.3 Å². The van der Waals surface area contributed by atoms with Crippen LogP contribution >= 0.6 is 0 Å². The third-order valence-corrected chi connectivity index (χ3v) is 5.78. The molecule has 0 aromatic heterocycles. The highest BCUT2D eigenvalue weighted by Crippen LogP contribution is 2.30. The van der Waals surface area contributed by atoms with E-state index in [4.69, 9.17) is 0 Å². The zero-order chi connectivity index (χ0) is 14.4. The number of hydrogen-bond donors (Lipinski definition) is 1. The molecule has 0 bridgehead atoms. The van der Waals surface area contributed by atoms with Crippen LogP contribution < -0.4 is 5.32 Å². The fourth-order valence-electron chi connectivity index (χ4n) is 4.22. The first-order chi connectivity index (χ1) is 9.70. The molecule has 2 aliphatic rings. The largest absolute Gasteiger partial charge is 0.314 e. The lowest BCUT2D eigenvalue weighted by molar-refractivity contribution is 0.158. The summed E-state index contributed by atoms with van der Waals surface area (Å²) in [6, 6.07) is 1.68. The van der Waals surface area contributed by atoms with Gasteiger partial charge in [-0.25, -0.2) is 0 Å². The molecule has 2 saturated carbocycles. The first-order valence-electron chi connectivity index (χ1n) is 9.14. The number of rotatable bonds is 7. The van der Waals surface area contributed by atoms with Gasteiger partial charge in [-0.3, -0.25) is 0 Å². The molecular formula is C18H36N2. The molecule has 0 radical (unpaired) electrons. The third-order valence-electron chi connectivity index (χ3n) is 5.78. The fraction of sp³-hybridized carbons (Fsp3) is 1.00. The molecule has 2 atom stereocenters. The lowest BCUT2D eigenvalue weighted by atomic mass is 9.86. The minimum atomic E-state index is 0.815. The van der Waals surface area contributed by atoms with E-state index in [9.17, 15) is 0 Å². The summed E-state index contributed by atoms with van der Waals surface area (Å²) in [4.78, 5) is 2.67. The molecule has 2 heteroatoms. The van der Waals surface area contributed by atoms with Gasteiger partial charge in [0, 0.05) is 12.1 Å². The zero-order valence-electron chi connectivity index (χ0n) is 14.0. The van der Waals surface area contributed by atoms with Crippen LogP contribution in [0.2, 0.25) is 0 Å². The lowest BCUT2D eigenvalue weighted by Gasteiger charge is -2.34. The zero-order valence-corrected chi connectivity index (χ0v) is 14.0. The smallest absolute Gasteiger partial charge is 0.00958 e. The maximum absolute atomic E-state index is 3.77. The highest BCUT2D eigenvalue weighted by atomic mass is 15.1. The van der Waals surface area contributed by atoms with Gasteiger partial charge in [0.2, 0.25) is 0 Å². The summed E-state index contributed by atoms with van der Waals surface area (Å²) in [5.41, 5.74) is 0. The van der Waals surface area contributed by atoms with E-state index in [2.05, 4.69) is 31.1 Å². The lowest BCUT2D eigenvalue weighted by Crippen LogP contribution is -2.38. The summed E-state index contributed by atoms with van der Waals surface area (Å²) < 4.78 is 0. The Balaban J connectivity index is 1.68. The Hall–Kier alpha value is -0.0800. The van der Waals surface area contributed by atoms with Crippen molar-refractivity contribution >= 4 is 0 Å². The van der Waals surface area contributed by atoms with Crippen molar-refractivity contribution in [2.75, 3.05) is 20.1 Å². The minimum Gasteiger partial charge on any atom is -0.314 e. The standard InChI is InChI=1S/C18H36N2/c1-4-13-19-18-7-5-6-16(18)12-14-20(3)17-10-8-15(2)9-11-17/h15-19H,4-14H2,1-3H3. The van der Waals surface area contributed by atoms with Gasteiger partial charge >= 0.3 is 0 Å². The number of nitrogens with zero attached hydrogens (tertiary/aromatic N) is 1. The van der Waals surface area contributed by atoms with Gasteiger partial charge in [-0.15, -0.1) is 0 Å². The van der Waals surface area contributed by atoms with E-state index >= 15 is 0 Å². The Morgan fingerprint density at radius 3 is 2.50 bits per heavy atom. The van der Waals surface area contributed by atoms with E-state index < -0.39 is 0 Å². The molecule has 2 fully saturated rings. The van der Waals surface area contributed by atoms with Crippen LogP contribution in [0.3, 0.4) is 0 Å². The molecule has 0 aromatic carbocycles. The molecule has 2 unspecified atom stereocenters. The topological polar surface area (TPSA) is 15.3 Å². The van der Waals surface area contributed by atoms with E-state index in [-0.39, 0.29) is 0 Å². The van der Waals surface area contributed by atoms with Crippen LogP contribution in [0.5, 0.6) is 0 Å². The average Bonchev–Trinajstić information content (AvgIpc) is 2.90. The first-order valence-corrected chi connectivity index (χ1v) is 9.14. The first kappa shape index (κ1) is 16.3. The Morgan fingerprint density at radius 2 is 1.80 bits per heavy atom. The average molecular weight is 280 g/mol. The van der Waals surface area contributed by atoms with Gasteiger partial charge in [0.15, 0.2) is 0 Å². The summed E-state index contributed by atoms with van der Waals surface area (Å²) in [5.74, 6) is 1.91. The van der Waals surface area contributed by atoms with Gasteiger partial charge < -0.3 is 10.2 Å². The van der Waals surface area contributed by atoms with Crippen LogP contribution in [0, 0.1) is 11.8 Å². The van der Waals surface area contributed by atoms with Gasteiger partial charge in [0.05, 0.1) is 0 Å². The Bertz CT molecular complexity index is 258. The molecule has 0 saturated heterocycles. The minimum absolute atomic E-state index is 0.815. The highest BCUT2D eigenvalue weighted by Gasteiger charge is 2.28. The Kier molecular flexibility index (Phi) is 6.83. The highest BCUT2D eigenvalue weighted by molar-refractivity contribution is 4.84. The van der Waals surface area contributed by atoms with Crippen LogP contribution in [-0.2, 0) is 0 Å². The van der Waals surface area contributed by atoms with Gasteiger partial charge in [0.25, 0.3) is 0 Å². The summed E-state index contributed by atoms with van der Waals surface area (Å²) in [6.45, 7) is 7.21. The molecule has 2 nitrogen and oxygen atoms in total. The van der Waals surface area contributed by atoms with Crippen molar-refractivity contribution in [2.24, 2.45) is 11.8 Å². The van der Waals surface area contributed by atoms with Gasteiger partial charge in [-0.1, -0.05) is 20.3 Å². The predicted octanol–water partition coefficient (Wildman–Crippen LogP) is 4.06. The predicted molar refractivity (Wildman–Crippen MR) is 88.1 cm³/mol. The second-order valence-electron chi connectivity index (χ2n) is 7.43. The summed E-state index contributed by atoms with van der Waals surface area (Å²) >= 11 is 0. The van der Waals surface area contributed by atoms with Gasteiger partial charge in [-0.2, -0.15) is 0 Å². The Labute approximate surface area is 126 Å². The molecule has 1 N–H and O–H groups in total. The number of hydrogen-bond acceptors (Lipinski definition) is 2. The normalized spacial score (nSPS) is 34.8. The molecule has 0 spiro atoms. The maximum Gasteiger partial charge on any atom is 0.00958 e. The van der Waals surface area contributed by atoms with E-state index in [1.165, 1.54) is 70.9 Å². The summed E-state index contributed by atoms with van der Waals surface area (Å²) in [6.07, 6.45) is 12.7. The second-order valence-corrected chi connectivity index (χ2v) is 7.43. The summed E-state index contributed by atoms with van der Waals surface area (Å²) in [7, 11) is 2.37. The van der Waals surface area contributed by atoms with Crippen molar-refractivity contribution in [3.8, 4) is 0 Å². The third kappa shape index (κ3) is 4.73. The quantitative estimate of drug-likeness (QED) is 0.756. The van der Waals surface area contributed by atoms with Crippen molar-refractivity contribution in [1.29, 1.82) is 0 Å². The van der Waals surface area contributed by atoms with Crippen molar-refractivity contribution in [2.45, 2.75) is 83.7 Å². The molecule has 0 aromatic rings. The van der Waals surface area contributed by atoms with Crippen LogP contribution in [0.15, 0.2) is 0 Å². The van der Waals surface area contributed by atoms with E-state index in [0.29, 0.717) is 0 Å². The molecule has 0 aliphatic heterocycles. The SMILES string of the molecule is CCCNC1CCCC1CCN(C)C1CCC(C)CC1. The maximum atomic E-state index is 3.77. The van der Waals surface area contributed by atoms with Crippen molar-refractivity contribution in [3.05, 3.63) is 0 Å². The van der Waals surface area contributed by atoms with Crippen molar-refractivity contribution in [1.82, 2.24) is 10.2 Å². The van der Waals surface area contributed by atoms with E-state index in [0.717, 1.165) is 23.9 Å². The fourth-order valence-corrected chi connectivity index (χ4v) is 4.22. The molecular weight excluding hydrogens is 244 g/mol. The molecule has 20 heavy (non-hydrogen) atoms. The molecule has 2 aliphatic carbocycles. The monoisotopic (exact) mass is 280 g/mol. The van der Waals surface area contributed by atoms with Crippen molar-refractivity contribution < 1.29 is 0 Å². The van der Waals surface area contributed by atoms with E-state index in [1.807, 2.05) is 0 Å². The van der Waals surface area contributed by atoms with Crippen LogP contribution in [0.4, 0.5) is 0 Å². The van der Waals surface area contributed by atoms with Gasteiger partial charge in [0.1, 0.15) is 0 Å². The molecule has 0 amide bonds. The molecule has 118 valence electrons. The van der Waals surface area contributed by atoms with Crippen LogP contribution in [0.1, 0.15) is 71.6 Å². The second kappa shape index (κ2) is 8.38. The van der Waals surface area contributed by atoms with E-state index in [1.54, 1.807) is 0 Å². The molecule has 2 rings (SSSR count). The molecule has 0 heterocycles.